The molecule has 0 aromatic heterocycles. The van der Waals surface area contributed by atoms with E-state index in [4.69, 9.17) is 9.73 Å². The van der Waals surface area contributed by atoms with Crippen LogP contribution in [0.15, 0.2) is 47.5 Å². The number of ether oxygens (including phenoxy) is 1. The van der Waals surface area contributed by atoms with Crippen molar-refractivity contribution in [3.05, 3.63) is 48.0 Å². The molecule has 6 nitrogen and oxygen atoms in total. The highest BCUT2D eigenvalue weighted by molar-refractivity contribution is 6.05. The molecular weight excluding hydrogens is 412 g/mol. The van der Waals surface area contributed by atoms with Crippen molar-refractivity contribution in [2.75, 3.05) is 32.5 Å². The number of nitrogens with zero attached hydrogens (tertiary/aromatic N) is 3. The maximum atomic E-state index is 12.7. The number of nitrogens with one attached hydrogen (secondary N) is 1. The van der Waals surface area contributed by atoms with E-state index in [2.05, 4.69) is 29.2 Å². The van der Waals surface area contributed by atoms with Crippen LogP contribution in [0.2, 0.25) is 0 Å². The van der Waals surface area contributed by atoms with Gasteiger partial charge >= 0.3 is 0 Å². The van der Waals surface area contributed by atoms with Gasteiger partial charge in [0.25, 0.3) is 0 Å². The molecule has 174 valence electrons. The van der Waals surface area contributed by atoms with Crippen LogP contribution in [0.4, 0.5) is 11.4 Å². The number of amidine groups is 1. The Labute approximate surface area is 196 Å². The average Bonchev–Trinajstić information content (AvgIpc) is 3.26. The van der Waals surface area contributed by atoms with Crippen LogP contribution in [0.5, 0.6) is 11.5 Å². The Morgan fingerprint density at radius 1 is 1.06 bits per heavy atom. The number of benzene rings is 2. The van der Waals surface area contributed by atoms with E-state index in [-0.39, 0.29) is 5.91 Å². The molecule has 3 aliphatic rings. The molecule has 1 N–H and O–H groups in total. The van der Waals surface area contributed by atoms with Gasteiger partial charge in [0.1, 0.15) is 17.3 Å². The number of likely N-dealkylation sites (tertiary alicyclic amines) is 1. The molecule has 0 atom stereocenters. The fourth-order valence-electron chi connectivity index (χ4n) is 5.32. The molecular formula is C27H34N4O2. The predicted molar refractivity (Wildman–Crippen MR) is 133 cm³/mol. The maximum absolute atomic E-state index is 12.7. The standard InChI is InChI=1S/C27H34N4O2/c1-30(2)21-13-15-31(16-14-21)27-22-18-20(28-26(32)17-19-7-3-4-8-19)11-12-24(22)33-25-10-6-5-9-23(25)29-27/h5-6,9-12,18-19,21H,3-4,7-8,13-17H2,1-2H3,(H,28,32). The van der Waals surface area contributed by atoms with E-state index < -0.39 is 0 Å². The van der Waals surface area contributed by atoms with E-state index in [0.717, 1.165) is 60.2 Å². The van der Waals surface area contributed by atoms with Crippen LogP contribution in [0.1, 0.15) is 50.5 Å². The predicted octanol–water partition coefficient (Wildman–Crippen LogP) is 5.42. The van der Waals surface area contributed by atoms with Crippen LogP contribution in [0.3, 0.4) is 0 Å². The van der Waals surface area contributed by atoms with Gasteiger partial charge < -0.3 is 19.9 Å². The Morgan fingerprint density at radius 3 is 2.58 bits per heavy atom. The Morgan fingerprint density at radius 2 is 1.82 bits per heavy atom. The van der Waals surface area contributed by atoms with E-state index in [1.54, 1.807) is 0 Å². The number of anilines is 1. The van der Waals surface area contributed by atoms with E-state index >= 15 is 0 Å². The van der Waals surface area contributed by atoms with Crippen molar-refractivity contribution in [2.24, 2.45) is 10.9 Å². The minimum atomic E-state index is 0.102. The lowest BCUT2D eigenvalue weighted by Crippen LogP contribution is -2.44. The summed E-state index contributed by atoms with van der Waals surface area (Å²) in [6.45, 7) is 1.89. The maximum Gasteiger partial charge on any atom is 0.224 e. The van der Waals surface area contributed by atoms with Gasteiger partial charge in [-0.25, -0.2) is 4.99 Å². The van der Waals surface area contributed by atoms with Crippen LogP contribution in [0.25, 0.3) is 0 Å². The van der Waals surface area contributed by atoms with Crippen molar-refractivity contribution >= 4 is 23.1 Å². The molecule has 0 radical (unpaired) electrons. The van der Waals surface area contributed by atoms with Crippen LogP contribution in [-0.2, 0) is 4.79 Å². The molecule has 2 aromatic rings. The molecule has 6 heteroatoms. The topological polar surface area (TPSA) is 57.2 Å². The van der Waals surface area contributed by atoms with E-state index in [9.17, 15) is 4.79 Å². The van der Waals surface area contributed by atoms with Gasteiger partial charge in [0.05, 0.1) is 5.56 Å². The van der Waals surface area contributed by atoms with Gasteiger partial charge in [0.15, 0.2) is 5.75 Å². The lowest BCUT2D eigenvalue weighted by molar-refractivity contribution is -0.117. The molecule has 0 unspecified atom stereocenters. The van der Waals surface area contributed by atoms with Crippen molar-refractivity contribution in [3.63, 3.8) is 0 Å². The number of amides is 1. The molecule has 1 aliphatic carbocycles. The summed E-state index contributed by atoms with van der Waals surface area (Å²) in [7, 11) is 4.31. The Bertz CT molecular complexity index is 1030. The summed E-state index contributed by atoms with van der Waals surface area (Å²) >= 11 is 0. The van der Waals surface area contributed by atoms with Crippen LogP contribution < -0.4 is 10.1 Å². The lowest BCUT2D eigenvalue weighted by Gasteiger charge is -2.37. The first-order valence-electron chi connectivity index (χ1n) is 12.3. The molecule has 33 heavy (non-hydrogen) atoms. The molecule has 2 aliphatic heterocycles. The van der Waals surface area contributed by atoms with Gasteiger partial charge in [-0.3, -0.25) is 4.79 Å². The first kappa shape index (κ1) is 22.0. The number of fused-ring (bicyclic) bond motifs is 2. The van der Waals surface area contributed by atoms with Crippen molar-refractivity contribution in [1.82, 2.24) is 9.80 Å². The Kier molecular flexibility index (Phi) is 6.36. The zero-order valence-electron chi connectivity index (χ0n) is 19.7. The molecule has 1 saturated heterocycles. The third kappa shape index (κ3) is 4.91. The van der Waals surface area contributed by atoms with Gasteiger partial charge in [0, 0.05) is 31.2 Å². The summed E-state index contributed by atoms with van der Waals surface area (Å²) in [6, 6.07) is 14.5. The SMILES string of the molecule is CN(C)C1CCN(C2=Nc3ccccc3Oc3ccc(NC(=O)CC4CCCC4)cc32)CC1. The van der Waals surface area contributed by atoms with Crippen LogP contribution >= 0.6 is 0 Å². The zero-order chi connectivity index (χ0) is 22.8. The third-order valence-electron chi connectivity index (χ3n) is 7.26. The van der Waals surface area contributed by atoms with Crippen molar-refractivity contribution in [1.29, 1.82) is 0 Å². The average molecular weight is 447 g/mol. The number of carbonyl (C=O) groups excluding carboxylic acids is 1. The molecule has 5 rings (SSSR count). The summed E-state index contributed by atoms with van der Waals surface area (Å²) in [5.74, 6) is 3.10. The second kappa shape index (κ2) is 9.56. The number of piperidine rings is 1. The fourth-order valence-corrected chi connectivity index (χ4v) is 5.32. The van der Waals surface area contributed by atoms with Crippen LogP contribution in [-0.4, -0.2) is 54.8 Å². The lowest BCUT2D eigenvalue weighted by atomic mass is 10.0. The van der Waals surface area contributed by atoms with E-state index in [1.165, 1.54) is 25.7 Å². The highest BCUT2D eigenvalue weighted by Gasteiger charge is 2.28. The largest absolute Gasteiger partial charge is 0.454 e. The van der Waals surface area contributed by atoms with E-state index in [1.807, 2.05) is 42.5 Å². The number of hydrogen-bond acceptors (Lipinski definition) is 5. The summed E-state index contributed by atoms with van der Waals surface area (Å²) < 4.78 is 6.29. The first-order chi connectivity index (χ1) is 16.1. The highest BCUT2D eigenvalue weighted by atomic mass is 16.5. The van der Waals surface area contributed by atoms with Gasteiger partial charge in [-0.15, -0.1) is 0 Å². The Balaban J connectivity index is 1.43. The number of carbonyl (C=O) groups is 1. The highest BCUT2D eigenvalue weighted by Crippen LogP contribution is 2.39. The zero-order valence-corrected chi connectivity index (χ0v) is 19.7. The smallest absolute Gasteiger partial charge is 0.224 e. The molecule has 2 aromatic carbocycles. The minimum absolute atomic E-state index is 0.102. The normalized spacial score (nSPS) is 18.9. The second-order valence-corrected chi connectivity index (χ2v) is 9.80. The molecule has 2 heterocycles. The number of rotatable bonds is 4. The summed E-state index contributed by atoms with van der Waals surface area (Å²) in [6.07, 6.45) is 7.65. The van der Waals surface area contributed by atoms with Crippen molar-refractivity contribution in [3.8, 4) is 11.5 Å². The molecule has 1 amide bonds. The quantitative estimate of drug-likeness (QED) is 0.682. The summed E-state index contributed by atoms with van der Waals surface area (Å²) in [4.78, 5) is 22.4. The fraction of sp³-hybridized carbons (Fsp3) is 0.481. The molecule has 1 saturated carbocycles. The molecule has 0 bridgehead atoms. The van der Waals surface area contributed by atoms with Gasteiger partial charge in [-0.2, -0.15) is 0 Å². The number of aliphatic imine (C=N–C) groups is 1. The second-order valence-electron chi connectivity index (χ2n) is 9.80. The summed E-state index contributed by atoms with van der Waals surface area (Å²) in [5.41, 5.74) is 2.58. The van der Waals surface area contributed by atoms with Gasteiger partial charge in [-0.1, -0.05) is 25.0 Å². The first-order valence-corrected chi connectivity index (χ1v) is 12.3. The van der Waals surface area contributed by atoms with Gasteiger partial charge in [-0.05, 0) is 76.0 Å². The van der Waals surface area contributed by atoms with Gasteiger partial charge in [0.2, 0.25) is 5.91 Å². The van der Waals surface area contributed by atoms with E-state index in [0.29, 0.717) is 18.4 Å². The summed E-state index contributed by atoms with van der Waals surface area (Å²) in [5, 5.41) is 3.13. The monoisotopic (exact) mass is 446 g/mol. The third-order valence-corrected chi connectivity index (χ3v) is 7.26. The number of para-hydroxylation sites is 2. The minimum Gasteiger partial charge on any atom is -0.454 e. The van der Waals surface area contributed by atoms with Crippen LogP contribution in [0, 0.1) is 5.92 Å². The number of hydrogen-bond donors (Lipinski definition) is 1. The molecule has 2 fully saturated rings. The van der Waals surface area contributed by atoms with Crippen molar-refractivity contribution in [2.45, 2.75) is 51.0 Å². The van der Waals surface area contributed by atoms with Crippen molar-refractivity contribution < 1.29 is 9.53 Å². The molecule has 0 spiro atoms. The Hall–Kier alpha value is -2.86.